The van der Waals surface area contributed by atoms with Crippen LogP contribution in [-0.2, 0) is 28.7 Å². The van der Waals surface area contributed by atoms with Crippen LogP contribution >= 0.6 is 0 Å². The average Bonchev–Trinajstić information content (AvgIpc) is 3.77. The Balaban J connectivity index is 1.59. The number of amides is 3. The molecule has 2 fully saturated rings. The van der Waals surface area contributed by atoms with Crippen LogP contribution in [0.25, 0.3) is 0 Å². The molecule has 1 aromatic carbocycles. The molecule has 0 saturated carbocycles. The van der Waals surface area contributed by atoms with Crippen LogP contribution in [0.4, 0.5) is 5.69 Å². The van der Waals surface area contributed by atoms with Gasteiger partial charge in [-0.15, -0.1) is 0 Å². The fraction of sp³-hybridized carbons (Fsp3) is 0.744. The third-order valence-corrected chi connectivity index (χ3v) is 12.7. The minimum absolute atomic E-state index is 0.0189. The van der Waals surface area contributed by atoms with Crippen LogP contribution in [0, 0.1) is 23.7 Å². The summed E-state index contributed by atoms with van der Waals surface area (Å²) in [6.45, 7) is 14.2. The summed E-state index contributed by atoms with van der Waals surface area (Å²) in [7, 11) is 4.88. The van der Waals surface area contributed by atoms with Gasteiger partial charge in [-0.1, -0.05) is 60.8 Å². The predicted molar refractivity (Wildman–Crippen MR) is 218 cm³/mol. The molecule has 10 atom stereocenters. The number of anilines is 1. The quantitative estimate of drug-likeness (QED) is 0.0831. The van der Waals surface area contributed by atoms with E-state index in [0.29, 0.717) is 36.1 Å². The Morgan fingerprint density at radius 1 is 1.04 bits per heavy atom. The zero-order valence-electron chi connectivity index (χ0n) is 35.5. The zero-order valence-corrected chi connectivity index (χ0v) is 35.5. The number of hydrogen-bond acceptors (Lipinski definition) is 10. The lowest BCUT2D eigenvalue weighted by molar-refractivity contribution is -0.145. The molecule has 0 aromatic heterocycles. The van der Waals surface area contributed by atoms with Crippen LogP contribution in [0.5, 0.6) is 5.75 Å². The highest BCUT2D eigenvalue weighted by Crippen LogP contribution is 2.37. The molecule has 2 saturated heterocycles. The number of carbonyl (C=O) groups excluding carboxylic acids is 5. The molecule has 2 heterocycles. The highest BCUT2D eigenvalue weighted by Gasteiger charge is 2.47. The molecule has 13 nitrogen and oxygen atoms in total. The van der Waals surface area contributed by atoms with Gasteiger partial charge < -0.3 is 39.9 Å². The number of rotatable bonds is 24. The van der Waals surface area contributed by atoms with Gasteiger partial charge in [0.2, 0.25) is 17.7 Å². The third-order valence-electron chi connectivity index (χ3n) is 12.7. The molecule has 2 aliphatic rings. The average molecular weight is 786 g/mol. The smallest absolute Gasteiger partial charge is 0.242 e. The van der Waals surface area contributed by atoms with Gasteiger partial charge in [0.1, 0.15) is 12.0 Å². The molecule has 0 aliphatic carbocycles. The Morgan fingerprint density at radius 3 is 2.36 bits per heavy atom. The first-order valence-corrected chi connectivity index (χ1v) is 20.9. The van der Waals surface area contributed by atoms with Gasteiger partial charge in [-0.05, 0) is 68.5 Å². The van der Waals surface area contributed by atoms with E-state index < -0.39 is 12.1 Å². The van der Waals surface area contributed by atoms with E-state index in [2.05, 4.69) is 44.8 Å². The van der Waals surface area contributed by atoms with E-state index in [4.69, 9.17) is 19.9 Å². The van der Waals surface area contributed by atoms with Crippen molar-refractivity contribution in [1.82, 2.24) is 20.0 Å². The van der Waals surface area contributed by atoms with Crippen molar-refractivity contribution >= 4 is 36.0 Å². The Kier molecular flexibility index (Phi) is 19.2. The number of nitrogens with one attached hydrogen (secondary N) is 1. The summed E-state index contributed by atoms with van der Waals surface area (Å²) >= 11 is 0. The van der Waals surface area contributed by atoms with E-state index in [-0.39, 0.29) is 72.7 Å². The summed E-state index contributed by atoms with van der Waals surface area (Å²) in [4.78, 5) is 70.0. The van der Waals surface area contributed by atoms with Gasteiger partial charge in [-0.3, -0.25) is 24.1 Å². The molecule has 3 rings (SSSR count). The summed E-state index contributed by atoms with van der Waals surface area (Å²) in [5.41, 5.74) is 6.75. The highest BCUT2D eigenvalue weighted by molar-refractivity contribution is 5.88. The normalized spacial score (nSPS) is 23.9. The summed E-state index contributed by atoms with van der Waals surface area (Å²) < 4.78 is 17.5. The van der Waals surface area contributed by atoms with Crippen LogP contribution in [0.2, 0.25) is 0 Å². The van der Waals surface area contributed by atoms with Crippen molar-refractivity contribution in [3.05, 3.63) is 23.8 Å². The van der Waals surface area contributed by atoms with E-state index in [1.165, 1.54) is 0 Å². The van der Waals surface area contributed by atoms with Crippen molar-refractivity contribution in [3.8, 4) is 5.75 Å². The zero-order chi connectivity index (χ0) is 41.5. The van der Waals surface area contributed by atoms with Crippen molar-refractivity contribution in [2.45, 2.75) is 136 Å². The van der Waals surface area contributed by atoms with Crippen molar-refractivity contribution in [2.24, 2.45) is 23.7 Å². The third kappa shape index (κ3) is 11.8. The van der Waals surface area contributed by atoms with Gasteiger partial charge >= 0.3 is 0 Å². The lowest BCUT2D eigenvalue weighted by Crippen LogP contribution is -2.55. The second-order valence-corrected chi connectivity index (χ2v) is 16.1. The molecule has 316 valence electrons. The van der Waals surface area contributed by atoms with Crippen molar-refractivity contribution in [3.63, 3.8) is 0 Å². The van der Waals surface area contributed by atoms with Gasteiger partial charge in [0.15, 0.2) is 6.29 Å². The Hall–Kier alpha value is -3.55. The van der Waals surface area contributed by atoms with Crippen molar-refractivity contribution in [2.75, 3.05) is 53.2 Å². The molecular weight excluding hydrogens is 714 g/mol. The second kappa shape index (κ2) is 23.0. The van der Waals surface area contributed by atoms with Gasteiger partial charge in [-0.25, -0.2) is 0 Å². The Bertz CT molecular complexity index is 1430. The minimum atomic E-state index is -0.565. The van der Waals surface area contributed by atoms with Crippen LogP contribution in [0.3, 0.4) is 0 Å². The van der Waals surface area contributed by atoms with Gasteiger partial charge in [0, 0.05) is 57.1 Å². The maximum Gasteiger partial charge on any atom is 0.242 e. The summed E-state index contributed by atoms with van der Waals surface area (Å²) in [5, 5.41) is 3.00. The Labute approximate surface area is 335 Å². The lowest BCUT2D eigenvalue weighted by atomic mass is 9.89. The maximum atomic E-state index is 13.9. The number of aldehydes is 2. The fourth-order valence-electron chi connectivity index (χ4n) is 9.11. The number of carbonyl (C=O) groups is 5. The number of unbranched alkanes of at least 4 members (excludes halogenated alkanes) is 3. The van der Waals surface area contributed by atoms with Crippen molar-refractivity contribution in [1.29, 1.82) is 0 Å². The number of likely N-dealkylation sites (tertiary alicyclic amines) is 2. The molecular formula is C43H71N5O8. The van der Waals surface area contributed by atoms with E-state index >= 15 is 0 Å². The molecule has 3 amide bonds. The number of hydrogen-bond donors (Lipinski definition) is 2. The number of nitrogen functional groups attached to an aromatic ring is 1. The molecule has 3 N–H and O–H groups in total. The monoisotopic (exact) mass is 786 g/mol. The lowest BCUT2D eigenvalue weighted by Gasteiger charge is -2.39. The number of likely N-dealkylation sites (N-methyl/N-ethyl adjacent to an activating group) is 1. The van der Waals surface area contributed by atoms with Gasteiger partial charge in [0.25, 0.3) is 0 Å². The van der Waals surface area contributed by atoms with E-state index in [9.17, 15) is 24.0 Å². The van der Waals surface area contributed by atoms with Crippen LogP contribution < -0.4 is 15.8 Å². The number of ether oxygens (including phenoxy) is 3. The maximum absolute atomic E-state index is 13.9. The summed E-state index contributed by atoms with van der Waals surface area (Å²) in [5.74, 6) is 0.311. The first-order valence-electron chi connectivity index (χ1n) is 20.9. The van der Waals surface area contributed by atoms with Gasteiger partial charge in [-0.2, -0.15) is 0 Å². The number of benzene rings is 1. The molecule has 2 aliphatic heterocycles. The van der Waals surface area contributed by atoms with Crippen LogP contribution in [-0.4, -0.2) is 129 Å². The largest absolute Gasteiger partial charge is 0.494 e. The standard InChI is InChI=1S/C43H71N5O8/c1-10-28(3)40(37(54-8)24-38(51)47-21-16-17-36(47)42(55-9)29(4)26-49)46(7)39(52)25-45-43(53)41-31(6)30(5)35(11-2)48(41)20-14-12-13-15-22-56-33-19-18-32(27-50)34(44)23-33/h18-19,23,26-31,35-37,40-42H,10-17,20-22,24-25,44H2,1-9H3,(H,45,53)/t28?,29?,30-,31?,35?,36?,37?,40?,41?,42?/m0/s1. The molecule has 0 spiro atoms. The predicted octanol–water partition coefficient (Wildman–Crippen LogP) is 4.99. The fourth-order valence-corrected chi connectivity index (χ4v) is 9.11. The summed E-state index contributed by atoms with van der Waals surface area (Å²) in [6, 6.07) is 4.43. The van der Waals surface area contributed by atoms with E-state index in [0.717, 1.165) is 70.5 Å². The molecule has 13 heteroatoms. The SMILES string of the molecule is CCC(C)C(C(CC(=O)N1CCCC1C(OC)C(C)C=O)OC)N(C)C(=O)CNC(=O)C1C(C)[C@H](C)C(CC)N1CCCCCCOc1ccc(C=O)c(N)c1. The summed E-state index contributed by atoms with van der Waals surface area (Å²) in [6.07, 6.45) is 7.81. The topological polar surface area (TPSA) is 161 Å². The van der Waals surface area contributed by atoms with Crippen LogP contribution in [0.15, 0.2) is 18.2 Å². The van der Waals surface area contributed by atoms with Gasteiger partial charge in [0.05, 0.1) is 49.9 Å². The minimum Gasteiger partial charge on any atom is -0.494 e. The van der Waals surface area contributed by atoms with E-state index in [1.54, 1.807) is 44.4 Å². The molecule has 1 aromatic rings. The van der Waals surface area contributed by atoms with E-state index in [1.807, 2.05) is 11.8 Å². The highest BCUT2D eigenvalue weighted by atomic mass is 16.5. The first-order chi connectivity index (χ1) is 26.8. The number of nitrogens with zero attached hydrogens (tertiary/aromatic N) is 3. The molecule has 56 heavy (non-hydrogen) atoms. The van der Waals surface area contributed by atoms with Crippen molar-refractivity contribution < 1.29 is 38.2 Å². The number of nitrogens with two attached hydrogens (primary N) is 1. The molecule has 9 unspecified atom stereocenters. The second-order valence-electron chi connectivity index (χ2n) is 16.1. The molecule has 0 radical (unpaired) electrons. The number of methoxy groups -OCH3 is 2. The van der Waals surface area contributed by atoms with Crippen LogP contribution in [0.1, 0.15) is 110 Å². The Morgan fingerprint density at radius 2 is 1.75 bits per heavy atom. The first kappa shape index (κ1) is 46.8. The molecule has 0 bridgehead atoms.